The lowest BCUT2D eigenvalue weighted by Gasteiger charge is -2.36. The van der Waals surface area contributed by atoms with Gasteiger partial charge in [0.1, 0.15) is 11.5 Å². The lowest BCUT2D eigenvalue weighted by Crippen LogP contribution is -2.41. The Bertz CT molecular complexity index is 658. The Morgan fingerprint density at radius 3 is 2.54 bits per heavy atom. The minimum absolute atomic E-state index is 0.573. The van der Waals surface area contributed by atoms with Crippen LogP contribution in [0.4, 0.5) is 4.79 Å². The van der Waals surface area contributed by atoms with Gasteiger partial charge in [0.2, 0.25) is 0 Å². The van der Waals surface area contributed by atoms with Crippen molar-refractivity contribution in [1.29, 1.82) is 0 Å². The van der Waals surface area contributed by atoms with Gasteiger partial charge in [-0.1, -0.05) is 15.9 Å². The van der Waals surface area contributed by atoms with Gasteiger partial charge in [-0.15, -0.1) is 0 Å². The summed E-state index contributed by atoms with van der Waals surface area (Å²) in [6.45, 7) is 8.64. The molecular weight excluding hydrogens is 400 g/mol. The number of hydrogen-bond donors (Lipinski definition) is 0. The number of alkyl halides is 1. The molecule has 1 unspecified atom stereocenters. The quantitative estimate of drug-likeness (QED) is 0.331. The van der Waals surface area contributed by atoms with Crippen LogP contribution >= 0.6 is 15.9 Å². The summed E-state index contributed by atoms with van der Waals surface area (Å²) in [6, 6.07) is 0. The molecule has 6 heteroatoms. The number of hydrogen-bond acceptors (Lipinski definition) is 5. The van der Waals surface area contributed by atoms with Gasteiger partial charge in [-0.2, -0.15) is 0 Å². The van der Waals surface area contributed by atoms with Crippen LogP contribution in [-0.2, 0) is 15.9 Å². The lowest BCUT2D eigenvalue weighted by atomic mass is 9.91. The fourth-order valence-electron chi connectivity index (χ4n) is 3.27. The van der Waals surface area contributed by atoms with Crippen LogP contribution in [0.15, 0.2) is 0 Å². The van der Waals surface area contributed by atoms with Gasteiger partial charge in [-0.05, 0) is 63.1 Å². The second kappa shape index (κ2) is 8.98. The zero-order valence-corrected chi connectivity index (χ0v) is 18.0. The topological polar surface area (TPSA) is 54.0 Å². The van der Waals surface area contributed by atoms with E-state index in [9.17, 15) is 4.79 Å². The SMILES string of the molecule is COC(=O)OC1(C)CCc2c(C)c(OCCCCCBr)c(C)c(C)c2O1. The molecule has 0 radical (unpaired) electrons. The number of fused-ring (bicyclic) bond motifs is 1. The summed E-state index contributed by atoms with van der Waals surface area (Å²) in [5.41, 5.74) is 4.35. The Hall–Kier alpha value is -1.43. The van der Waals surface area contributed by atoms with Crippen LogP contribution in [0.1, 0.15) is 54.9 Å². The summed E-state index contributed by atoms with van der Waals surface area (Å²) in [7, 11) is 1.30. The summed E-state index contributed by atoms with van der Waals surface area (Å²) in [6.07, 6.45) is 3.96. The van der Waals surface area contributed by atoms with Crippen molar-refractivity contribution in [2.24, 2.45) is 0 Å². The Morgan fingerprint density at radius 2 is 1.88 bits per heavy atom. The van der Waals surface area contributed by atoms with Crippen LogP contribution in [0.25, 0.3) is 0 Å². The zero-order chi connectivity index (χ0) is 19.3. The van der Waals surface area contributed by atoms with E-state index in [0.717, 1.165) is 71.4 Å². The first-order valence-corrected chi connectivity index (χ1v) is 10.2. The smallest absolute Gasteiger partial charge is 0.493 e. The molecule has 1 aliphatic heterocycles. The van der Waals surface area contributed by atoms with Gasteiger partial charge in [0.25, 0.3) is 5.79 Å². The van der Waals surface area contributed by atoms with Crippen LogP contribution in [0.5, 0.6) is 11.5 Å². The standard InChI is InChI=1S/C20H29BrO5/c1-13-14(2)18-16(9-10-20(4,25-18)26-19(22)23-5)15(3)17(13)24-12-8-6-7-11-21/h6-12H2,1-5H3. The Balaban J connectivity index is 2.21. The highest BCUT2D eigenvalue weighted by Gasteiger charge is 2.38. The molecule has 1 heterocycles. The summed E-state index contributed by atoms with van der Waals surface area (Å²) in [5.74, 6) is 0.743. The van der Waals surface area contributed by atoms with Crippen molar-refractivity contribution in [1.82, 2.24) is 0 Å². The van der Waals surface area contributed by atoms with Gasteiger partial charge < -0.3 is 18.9 Å². The molecule has 0 saturated heterocycles. The van der Waals surface area contributed by atoms with Gasteiger partial charge >= 0.3 is 6.16 Å². The molecule has 0 spiro atoms. The van der Waals surface area contributed by atoms with E-state index >= 15 is 0 Å². The maximum atomic E-state index is 11.5. The first-order chi connectivity index (χ1) is 12.3. The van der Waals surface area contributed by atoms with Crippen molar-refractivity contribution >= 4 is 22.1 Å². The molecule has 1 aliphatic rings. The van der Waals surface area contributed by atoms with Crippen LogP contribution < -0.4 is 9.47 Å². The fourth-order valence-corrected chi connectivity index (χ4v) is 3.66. The number of rotatable bonds is 7. The number of carbonyl (C=O) groups is 1. The fraction of sp³-hybridized carbons (Fsp3) is 0.650. The first kappa shape index (κ1) is 20.9. The predicted molar refractivity (Wildman–Crippen MR) is 105 cm³/mol. The minimum Gasteiger partial charge on any atom is -0.493 e. The third-order valence-corrected chi connectivity index (χ3v) is 5.51. The van der Waals surface area contributed by atoms with E-state index in [1.54, 1.807) is 6.92 Å². The van der Waals surface area contributed by atoms with E-state index in [0.29, 0.717) is 6.42 Å². The molecule has 0 fully saturated rings. The molecule has 0 aromatic heterocycles. The number of ether oxygens (including phenoxy) is 4. The van der Waals surface area contributed by atoms with E-state index in [2.05, 4.69) is 27.6 Å². The van der Waals surface area contributed by atoms with E-state index in [4.69, 9.17) is 14.2 Å². The van der Waals surface area contributed by atoms with Crippen molar-refractivity contribution in [3.8, 4) is 11.5 Å². The highest BCUT2D eigenvalue weighted by atomic mass is 79.9. The normalized spacial score (nSPS) is 18.7. The van der Waals surface area contributed by atoms with Crippen LogP contribution in [0, 0.1) is 20.8 Å². The third-order valence-electron chi connectivity index (χ3n) is 4.95. The van der Waals surface area contributed by atoms with Gasteiger partial charge in [-0.3, -0.25) is 0 Å². The van der Waals surface area contributed by atoms with Gasteiger partial charge in [-0.25, -0.2) is 4.79 Å². The van der Waals surface area contributed by atoms with Gasteiger partial charge in [0.15, 0.2) is 0 Å². The number of unbranched alkanes of at least 4 members (excludes halogenated alkanes) is 2. The van der Waals surface area contributed by atoms with Crippen molar-refractivity contribution in [3.05, 3.63) is 22.3 Å². The molecule has 2 rings (SSSR count). The van der Waals surface area contributed by atoms with Crippen molar-refractivity contribution in [3.63, 3.8) is 0 Å². The summed E-state index contributed by atoms with van der Waals surface area (Å²) in [4.78, 5) is 11.5. The molecular formula is C20H29BrO5. The molecule has 0 bridgehead atoms. The maximum Gasteiger partial charge on any atom is 0.511 e. The Labute approximate surface area is 164 Å². The van der Waals surface area contributed by atoms with Crippen molar-refractivity contribution in [2.45, 2.75) is 65.6 Å². The molecule has 0 N–H and O–H groups in total. The average Bonchev–Trinajstić information content (AvgIpc) is 2.61. The molecule has 0 saturated carbocycles. The summed E-state index contributed by atoms with van der Waals surface area (Å²) in [5, 5.41) is 1.03. The van der Waals surface area contributed by atoms with Gasteiger partial charge in [0, 0.05) is 24.2 Å². The van der Waals surface area contributed by atoms with E-state index in [1.807, 2.05) is 13.8 Å². The highest BCUT2D eigenvalue weighted by molar-refractivity contribution is 9.09. The average molecular weight is 429 g/mol. The lowest BCUT2D eigenvalue weighted by molar-refractivity contribution is -0.152. The minimum atomic E-state index is -1.01. The van der Waals surface area contributed by atoms with Crippen LogP contribution in [0.3, 0.4) is 0 Å². The van der Waals surface area contributed by atoms with E-state index in [-0.39, 0.29) is 0 Å². The molecule has 1 aromatic rings. The monoisotopic (exact) mass is 428 g/mol. The zero-order valence-electron chi connectivity index (χ0n) is 16.4. The molecule has 0 amide bonds. The highest BCUT2D eigenvalue weighted by Crippen LogP contribution is 2.44. The molecule has 26 heavy (non-hydrogen) atoms. The second-order valence-electron chi connectivity index (χ2n) is 6.90. The Kier molecular flexibility index (Phi) is 7.21. The largest absolute Gasteiger partial charge is 0.511 e. The molecule has 146 valence electrons. The van der Waals surface area contributed by atoms with Crippen molar-refractivity contribution < 1.29 is 23.7 Å². The van der Waals surface area contributed by atoms with Crippen LogP contribution in [-0.4, -0.2) is 31.0 Å². The first-order valence-electron chi connectivity index (χ1n) is 9.10. The maximum absolute atomic E-state index is 11.5. The molecule has 1 aromatic carbocycles. The van der Waals surface area contributed by atoms with Gasteiger partial charge in [0.05, 0.1) is 13.7 Å². The number of halogens is 1. The predicted octanol–water partition coefficient (Wildman–Crippen LogP) is 5.38. The molecule has 0 aliphatic carbocycles. The van der Waals surface area contributed by atoms with Crippen molar-refractivity contribution in [2.75, 3.05) is 19.0 Å². The molecule has 5 nitrogen and oxygen atoms in total. The van der Waals surface area contributed by atoms with E-state index < -0.39 is 11.9 Å². The summed E-state index contributed by atoms with van der Waals surface area (Å²) < 4.78 is 22.2. The number of carbonyl (C=O) groups excluding carboxylic acids is 1. The second-order valence-corrected chi connectivity index (χ2v) is 7.69. The van der Waals surface area contributed by atoms with E-state index in [1.165, 1.54) is 7.11 Å². The Morgan fingerprint density at radius 1 is 1.15 bits per heavy atom. The number of benzene rings is 1. The van der Waals surface area contributed by atoms with Crippen LogP contribution in [0.2, 0.25) is 0 Å². The third kappa shape index (κ3) is 4.64. The summed E-state index contributed by atoms with van der Waals surface area (Å²) >= 11 is 3.45. The molecule has 1 atom stereocenters. The number of methoxy groups -OCH3 is 1.